The number of hydrogen-bond acceptors (Lipinski definition) is 3. The van der Waals surface area contributed by atoms with Crippen molar-refractivity contribution >= 4 is 63.1 Å². The van der Waals surface area contributed by atoms with Gasteiger partial charge in [0.05, 0.1) is 5.69 Å². The van der Waals surface area contributed by atoms with E-state index in [1.807, 2.05) is 30.3 Å². The number of nitrogens with one attached hydrogen (secondary N) is 3. The average Bonchev–Trinajstić information content (AvgIpc) is 3.13. The van der Waals surface area contributed by atoms with Gasteiger partial charge in [0, 0.05) is 49.8 Å². The summed E-state index contributed by atoms with van der Waals surface area (Å²) in [7, 11) is 1.78. The third-order valence-corrected chi connectivity index (χ3v) is 5.32. The molecule has 2 aromatic carbocycles. The summed E-state index contributed by atoms with van der Waals surface area (Å²) in [6, 6.07) is 16.5. The smallest absolute Gasteiger partial charge is 0.221 e. The lowest BCUT2D eigenvalue weighted by atomic mass is 10.2. The van der Waals surface area contributed by atoms with Gasteiger partial charge in [-0.2, -0.15) is 0 Å². The number of benzene rings is 2. The Bertz CT molecular complexity index is 860. The first-order valence-corrected chi connectivity index (χ1v) is 10.2. The highest BCUT2D eigenvalue weighted by atomic mass is 127. The second kappa shape index (κ2) is 11.4. The van der Waals surface area contributed by atoms with Crippen LogP contribution in [0.2, 0.25) is 0 Å². The zero-order chi connectivity index (χ0) is 19.9. The third kappa shape index (κ3) is 6.88. The number of para-hydroxylation sites is 1. The van der Waals surface area contributed by atoms with E-state index < -0.39 is 0 Å². The van der Waals surface area contributed by atoms with Crippen LogP contribution in [0.1, 0.15) is 18.9 Å². The van der Waals surface area contributed by atoms with Gasteiger partial charge in [-0.25, -0.2) is 0 Å². The van der Waals surface area contributed by atoms with Crippen molar-refractivity contribution in [3.05, 3.63) is 58.6 Å². The predicted octanol–water partition coefficient (Wildman–Crippen LogP) is 3.97. The molecular weight excluding hydrogens is 545 g/mol. The van der Waals surface area contributed by atoms with E-state index in [0.717, 1.165) is 41.2 Å². The Morgan fingerprint density at radius 1 is 1.24 bits per heavy atom. The van der Waals surface area contributed by atoms with Crippen molar-refractivity contribution in [2.45, 2.75) is 25.9 Å². The van der Waals surface area contributed by atoms with E-state index in [9.17, 15) is 4.79 Å². The first-order chi connectivity index (χ1) is 13.5. The maximum Gasteiger partial charge on any atom is 0.221 e. The first-order valence-electron chi connectivity index (χ1n) is 9.38. The van der Waals surface area contributed by atoms with Gasteiger partial charge in [0.1, 0.15) is 0 Å². The summed E-state index contributed by atoms with van der Waals surface area (Å²) < 4.78 is 1.12. The van der Waals surface area contributed by atoms with Crippen LogP contribution in [0.3, 0.4) is 0 Å². The molecule has 1 heterocycles. The number of hydrogen-bond donors (Lipinski definition) is 3. The number of nitrogens with zero attached hydrogens (tertiary/aromatic N) is 2. The van der Waals surface area contributed by atoms with Gasteiger partial charge in [-0.3, -0.25) is 9.79 Å². The molecule has 1 unspecified atom stereocenters. The van der Waals surface area contributed by atoms with E-state index in [-0.39, 0.29) is 29.9 Å². The molecular formula is C21H27BrIN5O. The zero-order valence-electron chi connectivity index (χ0n) is 16.6. The van der Waals surface area contributed by atoms with Gasteiger partial charge in [-0.05, 0) is 52.2 Å². The van der Waals surface area contributed by atoms with Crippen LogP contribution in [0.5, 0.6) is 0 Å². The third-order valence-electron chi connectivity index (χ3n) is 4.65. The SMILES string of the molecule is CN=C(NCc1cccc(NC(C)=O)c1)NC1CCN(c2ccccc2Br)C1.I. The maximum atomic E-state index is 11.2. The Morgan fingerprint density at radius 3 is 2.76 bits per heavy atom. The largest absolute Gasteiger partial charge is 0.368 e. The minimum absolute atomic E-state index is 0. The molecule has 0 aromatic heterocycles. The van der Waals surface area contributed by atoms with Crippen LogP contribution in [-0.2, 0) is 11.3 Å². The van der Waals surface area contributed by atoms with Crippen molar-refractivity contribution in [1.82, 2.24) is 10.6 Å². The van der Waals surface area contributed by atoms with Crippen molar-refractivity contribution in [2.75, 3.05) is 30.4 Å². The van der Waals surface area contributed by atoms with E-state index in [1.165, 1.54) is 12.6 Å². The normalized spacial score (nSPS) is 16.2. The summed E-state index contributed by atoms with van der Waals surface area (Å²) in [5.41, 5.74) is 3.11. The number of carbonyl (C=O) groups is 1. The molecule has 3 rings (SSSR count). The summed E-state index contributed by atoms with van der Waals surface area (Å²) >= 11 is 3.64. The Hall–Kier alpha value is -1.81. The molecule has 8 heteroatoms. The van der Waals surface area contributed by atoms with Gasteiger partial charge < -0.3 is 20.9 Å². The molecule has 1 saturated heterocycles. The molecule has 6 nitrogen and oxygen atoms in total. The Balaban J connectivity index is 0.00000300. The molecule has 0 radical (unpaired) electrons. The summed E-state index contributed by atoms with van der Waals surface area (Å²) in [6.07, 6.45) is 1.06. The second-order valence-corrected chi connectivity index (χ2v) is 7.69. The molecule has 1 aliphatic heterocycles. The fourth-order valence-corrected chi connectivity index (χ4v) is 3.88. The van der Waals surface area contributed by atoms with Crippen molar-refractivity contribution in [3.8, 4) is 0 Å². The number of anilines is 2. The van der Waals surface area contributed by atoms with Crippen LogP contribution < -0.4 is 20.9 Å². The fourth-order valence-electron chi connectivity index (χ4n) is 3.34. The van der Waals surface area contributed by atoms with Crippen LogP contribution >= 0.6 is 39.9 Å². The number of amides is 1. The van der Waals surface area contributed by atoms with Crippen LogP contribution in [0.15, 0.2) is 58.0 Å². The fraction of sp³-hybridized carbons (Fsp3) is 0.333. The highest BCUT2D eigenvalue weighted by Gasteiger charge is 2.24. The molecule has 1 fully saturated rings. The molecule has 1 atom stereocenters. The Kier molecular flexibility index (Phi) is 9.22. The van der Waals surface area contributed by atoms with Gasteiger partial charge in [-0.15, -0.1) is 24.0 Å². The van der Waals surface area contributed by atoms with Crippen LogP contribution in [0, 0.1) is 0 Å². The van der Waals surface area contributed by atoms with E-state index in [2.05, 4.69) is 60.0 Å². The molecule has 0 aliphatic carbocycles. The first kappa shape index (κ1) is 23.5. The molecule has 0 bridgehead atoms. The zero-order valence-corrected chi connectivity index (χ0v) is 20.5. The number of rotatable bonds is 5. The lowest BCUT2D eigenvalue weighted by molar-refractivity contribution is -0.114. The molecule has 3 N–H and O–H groups in total. The van der Waals surface area contributed by atoms with Gasteiger partial charge in [0.25, 0.3) is 0 Å². The standard InChI is InChI=1S/C21H26BrN5O.HI/c1-15(28)25-17-7-5-6-16(12-17)13-24-21(23-2)26-18-10-11-27(14-18)20-9-4-3-8-19(20)22;/h3-9,12,18H,10-11,13-14H2,1-2H3,(H,25,28)(H2,23,24,26);1H. The monoisotopic (exact) mass is 571 g/mol. The number of aliphatic imine (C=N–C) groups is 1. The Labute approximate surface area is 197 Å². The summed E-state index contributed by atoms with van der Waals surface area (Å²) in [5.74, 6) is 0.710. The van der Waals surface area contributed by atoms with E-state index in [4.69, 9.17) is 0 Å². The number of halogens is 2. The molecule has 1 aliphatic rings. The van der Waals surface area contributed by atoms with Crippen molar-refractivity contribution in [1.29, 1.82) is 0 Å². The lowest BCUT2D eigenvalue weighted by Crippen LogP contribution is -2.44. The molecule has 1 amide bonds. The highest BCUT2D eigenvalue weighted by Crippen LogP contribution is 2.28. The molecule has 0 spiro atoms. The molecule has 29 heavy (non-hydrogen) atoms. The summed E-state index contributed by atoms with van der Waals surface area (Å²) in [4.78, 5) is 17.9. The van der Waals surface area contributed by atoms with Gasteiger partial charge in [0.15, 0.2) is 5.96 Å². The van der Waals surface area contributed by atoms with Crippen molar-refractivity contribution in [3.63, 3.8) is 0 Å². The number of guanidine groups is 1. The molecule has 0 saturated carbocycles. The quantitative estimate of drug-likeness (QED) is 0.289. The molecule has 2 aromatic rings. The van der Waals surface area contributed by atoms with Gasteiger partial charge >= 0.3 is 0 Å². The number of carbonyl (C=O) groups excluding carboxylic acids is 1. The minimum atomic E-state index is -0.0709. The summed E-state index contributed by atoms with van der Waals surface area (Å²) in [5, 5.41) is 9.68. The van der Waals surface area contributed by atoms with E-state index >= 15 is 0 Å². The van der Waals surface area contributed by atoms with Crippen molar-refractivity contribution in [2.24, 2.45) is 4.99 Å². The van der Waals surface area contributed by atoms with Crippen LogP contribution in [0.25, 0.3) is 0 Å². The summed E-state index contributed by atoms with van der Waals surface area (Å²) in [6.45, 7) is 4.08. The minimum Gasteiger partial charge on any atom is -0.368 e. The average molecular weight is 572 g/mol. The predicted molar refractivity (Wildman–Crippen MR) is 134 cm³/mol. The van der Waals surface area contributed by atoms with E-state index in [1.54, 1.807) is 7.05 Å². The van der Waals surface area contributed by atoms with E-state index in [0.29, 0.717) is 12.6 Å². The van der Waals surface area contributed by atoms with Crippen molar-refractivity contribution < 1.29 is 4.79 Å². The van der Waals surface area contributed by atoms with Gasteiger partial charge in [0.2, 0.25) is 5.91 Å². The van der Waals surface area contributed by atoms with Gasteiger partial charge in [-0.1, -0.05) is 24.3 Å². The second-order valence-electron chi connectivity index (χ2n) is 6.83. The van der Waals surface area contributed by atoms with Crippen LogP contribution in [0.4, 0.5) is 11.4 Å². The Morgan fingerprint density at radius 2 is 2.03 bits per heavy atom. The lowest BCUT2D eigenvalue weighted by Gasteiger charge is -2.21. The van der Waals surface area contributed by atoms with Crippen LogP contribution in [-0.4, -0.2) is 38.0 Å². The molecule has 156 valence electrons. The topological polar surface area (TPSA) is 68.8 Å². The maximum absolute atomic E-state index is 11.2. The highest BCUT2D eigenvalue weighted by molar-refractivity contribution is 14.0.